The maximum Gasteiger partial charge on any atom is 0.347 e. The molecule has 0 spiro atoms. The van der Waals surface area contributed by atoms with Crippen LogP contribution in [0.4, 0.5) is 0 Å². The number of rotatable bonds is 2. The van der Waals surface area contributed by atoms with Crippen molar-refractivity contribution in [1.82, 2.24) is 0 Å². The molecule has 0 atom stereocenters. The molecule has 0 radical (unpaired) electrons. The van der Waals surface area contributed by atoms with Crippen molar-refractivity contribution in [2.45, 2.75) is 13.8 Å². The van der Waals surface area contributed by atoms with Crippen molar-refractivity contribution in [2.24, 2.45) is 5.92 Å². The molecule has 2 rings (SSSR count). The van der Waals surface area contributed by atoms with Crippen LogP contribution in [0.2, 0.25) is 0 Å². The lowest BCUT2D eigenvalue weighted by atomic mass is 9.99. The quantitative estimate of drug-likeness (QED) is 0.725. The van der Waals surface area contributed by atoms with Gasteiger partial charge in [0.1, 0.15) is 11.3 Å². The van der Waals surface area contributed by atoms with Crippen molar-refractivity contribution in [2.75, 3.05) is 0 Å². The Kier molecular flexibility index (Phi) is 2.60. The highest BCUT2D eigenvalue weighted by Gasteiger charge is 2.24. The monoisotopic (exact) mass is 216 g/mol. The number of furan rings is 1. The summed E-state index contributed by atoms with van der Waals surface area (Å²) in [6, 6.07) is 8.80. The maximum atomic E-state index is 11.9. The molecule has 1 heterocycles. The van der Waals surface area contributed by atoms with Crippen molar-refractivity contribution in [3.63, 3.8) is 0 Å². The summed E-state index contributed by atoms with van der Waals surface area (Å²) in [4.78, 5) is 23.5. The summed E-state index contributed by atoms with van der Waals surface area (Å²) in [6.07, 6.45) is 0. The standard InChI is InChI=1S/C13H12O3/c1-8(2)12(14)11-9-6-4-3-5-7-10(9)16-13(11)15/h3-8H,1-2H3. The number of fused-ring (bicyclic) bond motifs is 1. The van der Waals surface area contributed by atoms with E-state index in [-0.39, 0.29) is 17.3 Å². The first-order valence-corrected chi connectivity index (χ1v) is 5.17. The minimum absolute atomic E-state index is 0.168. The first-order valence-electron chi connectivity index (χ1n) is 5.17. The predicted octanol–water partition coefficient (Wildman–Crippen LogP) is 2.58. The number of hydrogen-bond donors (Lipinski definition) is 0. The molecule has 0 bridgehead atoms. The van der Waals surface area contributed by atoms with Gasteiger partial charge in [-0.1, -0.05) is 38.1 Å². The molecule has 3 heteroatoms. The van der Waals surface area contributed by atoms with Crippen LogP contribution in [0.3, 0.4) is 0 Å². The zero-order valence-electron chi connectivity index (χ0n) is 9.19. The third kappa shape index (κ3) is 1.65. The molecular formula is C13H12O3. The topological polar surface area (TPSA) is 47.3 Å². The van der Waals surface area contributed by atoms with Crippen LogP contribution >= 0.6 is 0 Å². The minimum atomic E-state index is -0.542. The van der Waals surface area contributed by atoms with E-state index < -0.39 is 5.63 Å². The van der Waals surface area contributed by atoms with Crippen LogP contribution in [-0.4, -0.2) is 5.78 Å². The van der Waals surface area contributed by atoms with E-state index in [4.69, 9.17) is 4.42 Å². The largest absolute Gasteiger partial charge is 0.422 e. The molecule has 0 aromatic carbocycles. The molecule has 82 valence electrons. The first kappa shape index (κ1) is 10.6. The summed E-state index contributed by atoms with van der Waals surface area (Å²) in [5, 5.41) is 0. The number of hydrogen-bond acceptors (Lipinski definition) is 3. The Morgan fingerprint density at radius 2 is 1.88 bits per heavy atom. The van der Waals surface area contributed by atoms with Crippen molar-refractivity contribution in [3.8, 4) is 11.3 Å². The molecule has 0 saturated heterocycles. The van der Waals surface area contributed by atoms with Crippen LogP contribution in [0.15, 0.2) is 39.5 Å². The summed E-state index contributed by atoms with van der Waals surface area (Å²) < 4.78 is 5.05. The maximum absolute atomic E-state index is 11.9. The fourth-order valence-corrected chi connectivity index (χ4v) is 1.61. The predicted molar refractivity (Wildman–Crippen MR) is 60.8 cm³/mol. The van der Waals surface area contributed by atoms with Gasteiger partial charge in [0.05, 0.1) is 0 Å². The average molecular weight is 216 g/mol. The van der Waals surface area contributed by atoms with E-state index in [2.05, 4.69) is 0 Å². The van der Waals surface area contributed by atoms with E-state index >= 15 is 0 Å². The van der Waals surface area contributed by atoms with Crippen LogP contribution in [0, 0.1) is 5.92 Å². The molecule has 0 saturated carbocycles. The second kappa shape index (κ2) is 3.93. The number of Topliss-reactive ketones (excluding diaryl/α,β-unsaturated/α-hetero) is 1. The van der Waals surface area contributed by atoms with Crippen molar-refractivity contribution in [3.05, 3.63) is 46.3 Å². The van der Waals surface area contributed by atoms with Gasteiger partial charge < -0.3 is 4.42 Å². The van der Waals surface area contributed by atoms with Crippen molar-refractivity contribution < 1.29 is 9.21 Å². The fraction of sp³-hybridized carbons (Fsp3) is 0.231. The molecule has 0 N–H and O–H groups in total. The molecule has 3 nitrogen and oxygen atoms in total. The van der Waals surface area contributed by atoms with E-state index in [0.717, 1.165) is 0 Å². The first-order chi connectivity index (χ1) is 7.61. The number of ketones is 1. The van der Waals surface area contributed by atoms with Gasteiger partial charge in [0.25, 0.3) is 0 Å². The van der Waals surface area contributed by atoms with Gasteiger partial charge >= 0.3 is 5.63 Å². The molecule has 0 amide bonds. The third-order valence-electron chi connectivity index (χ3n) is 2.45. The summed E-state index contributed by atoms with van der Waals surface area (Å²) in [6.45, 7) is 3.53. The van der Waals surface area contributed by atoms with Crippen LogP contribution in [-0.2, 0) is 0 Å². The van der Waals surface area contributed by atoms with Crippen LogP contribution in [0.25, 0.3) is 11.3 Å². The van der Waals surface area contributed by atoms with E-state index in [9.17, 15) is 9.59 Å². The molecule has 16 heavy (non-hydrogen) atoms. The van der Waals surface area contributed by atoms with E-state index in [0.29, 0.717) is 11.3 Å². The highest BCUT2D eigenvalue weighted by Crippen LogP contribution is 2.24. The Hall–Kier alpha value is -1.90. The third-order valence-corrected chi connectivity index (χ3v) is 2.45. The zero-order chi connectivity index (χ0) is 11.7. The normalized spacial score (nSPS) is 10.9. The van der Waals surface area contributed by atoms with E-state index in [1.807, 2.05) is 6.07 Å². The van der Waals surface area contributed by atoms with E-state index in [1.54, 1.807) is 38.1 Å². The van der Waals surface area contributed by atoms with Crippen molar-refractivity contribution >= 4 is 5.78 Å². The Morgan fingerprint density at radius 3 is 2.56 bits per heavy atom. The average Bonchev–Trinajstić information content (AvgIpc) is 2.41. The van der Waals surface area contributed by atoms with Gasteiger partial charge in [0.2, 0.25) is 0 Å². The SMILES string of the molecule is CC(C)C(=O)c1c2cccccc-2oc1=O. The molecular weight excluding hydrogens is 204 g/mol. The minimum Gasteiger partial charge on any atom is -0.422 e. The molecule has 0 aromatic heterocycles. The smallest absolute Gasteiger partial charge is 0.347 e. The molecule has 1 aliphatic heterocycles. The second-order valence-electron chi connectivity index (χ2n) is 3.97. The highest BCUT2D eigenvalue weighted by molar-refractivity contribution is 6.02. The number of carbonyl (C=O) groups excluding carboxylic acids is 1. The lowest BCUT2D eigenvalue weighted by Gasteiger charge is -2.00. The molecule has 0 unspecified atom stereocenters. The molecule has 0 aromatic rings. The Labute approximate surface area is 93.1 Å². The summed E-state index contributed by atoms with van der Waals surface area (Å²) >= 11 is 0. The lowest BCUT2D eigenvalue weighted by molar-refractivity contribution is 0.0938. The van der Waals surface area contributed by atoms with Gasteiger partial charge in [0, 0.05) is 11.5 Å². The molecule has 2 aliphatic rings. The Bertz CT molecular complexity index is 551. The van der Waals surface area contributed by atoms with Gasteiger partial charge in [-0.3, -0.25) is 4.79 Å². The van der Waals surface area contributed by atoms with Gasteiger partial charge in [0.15, 0.2) is 5.78 Å². The summed E-state index contributed by atoms with van der Waals surface area (Å²) in [5.74, 6) is 0.0768. The lowest BCUT2D eigenvalue weighted by Crippen LogP contribution is -2.15. The second-order valence-corrected chi connectivity index (χ2v) is 3.97. The summed E-state index contributed by atoms with van der Waals surface area (Å²) in [5.41, 5.74) is 0.217. The van der Waals surface area contributed by atoms with Gasteiger partial charge in [-0.15, -0.1) is 0 Å². The summed E-state index contributed by atoms with van der Waals surface area (Å²) in [7, 11) is 0. The van der Waals surface area contributed by atoms with Gasteiger partial charge in [-0.25, -0.2) is 4.79 Å². The fourth-order valence-electron chi connectivity index (χ4n) is 1.61. The zero-order valence-corrected chi connectivity index (χ0v) is 9.19. The van der Waals surface area contributed by atoms with Crippen LogP contribution in [0.1, 0.15) is 24.2 Å². The molecule has 1 aliphatic carbocycles. The van der Waals surface area contributed by atoms with Gasteiger partial charge in [-0.05, 0) is 6.07 Å². The van der Waals surface area contributed by atoms with Gasteiger partial charge in [-0.2, -0.15) is 0 Å². The Balaban J connectivity index is 2.70. The Morgan fingerprint density at radius 1 is 1.19 bits per heavy atom. The highest BCUT2D eigenvalue weighted by atomic mass is 16.4. The van der Waals surface area contributed by atoms with Crippen LogP contribution in [0.5, 0.6) is 0 Å². The number of carbonyl (C=O) groups is 1. The molecule has 0 fully saturated rings. The van der Waals surface area contributed by atoms with Crippen molar-refractivity contribution in [1.29, 1.82) is 0 Å². The van der Waals surface area contributed by atoms with Crippen LogP contribution < -0.4 is 5.63 Å². The van der Waals surface area contributed by atoms with E-state index in [1.165, 1.54) is 0 Å².